The van der Waals surface area contributed by atoms with Crippen LogP contribution in [-0.4, -0.2) is 17.4 Å². The second-order valence-corrected chi connectivity index (χ2v) is 5.45. The van der Waals surface area contributed by atoms with Crippen LogP contribution in [0.15, 0.2) is 47.1 Å². The number of halogens is 1. The molecule has 0 fully saturated rings. The zero-order valence-corrected chi connectivity index (χ0v) is 13.5. The SMILES string of the molecule is CCCNc1ncccc1C(=O)NCc1ccccc1Br. The predicted octanol–water partition coefficient (Wildman–Crippen LogP) is 3.60. The Balaban J connectivity index is 2.05. The molecule has 2 rings (SSSR count). The molecule has 1 heterocycles. The van der Waals surface area contributed by atoms with Gasteiger partial charge in [-0.15, -0.1) is 0 Å². The molecule has 0 spiro atoms. The monoisotopic (exact) mass is 347 g/mol. The fourth-order valence-electron chi connectivity index (χ4n) is 1.89. The van der Waals surface area contributed by atoms with Crippen LogP contribution in [0.4, 0.5) is 5.82 Å². The summed E-state index contributed by atoms with van der Waals surface area (Å²) in [5.74, 6) is 0.501. The van der Waals surface area contributed by atoms with Crippen molar-refractivity contribution in [1.82, 2.24) is 10.3 Å². The summed E-state index contributed by atoms with van der Waals surface area (Å²) >= 11 is 3.48. The number of rotatable bonds is 6. The third-order valence-electron chi connectivity index (χ3n) is 2.99. The van der Waals surface area contributed by atoms with Crippen LogP contribution in [0.25, 0.3) is 0 Å². The average Bonchev–Trinajstić information content (AvgIpc) is 2.52. The molecule has 0 atom stereocenters. The van der Waals surface area contributed by atoms with Gasteiger partial charge in [-0.3, -0.25) is 4.79 Å². The molecule has 1 amide bonds. The number of nitrogens with one attached hydrogen (secondary N) is 2. The average molecular weight is 348 g/mol. The van der Waals surface area contributed by atoms with Crippen LogP contribution in [0.1, 0.15) is 29.3 Å². The largest absolute Gasteiger partial charge is 0.369 e. The standard InChI is InChI=1S/C16H18BrN3O/c1-2-9-18-15-13(7-5-10-19-15)16(21)20-11-12-6-3-4-8-14(12)17/h3-8,10H,2,9,11H2,1H3,(H,18,19)(H,20,21). The molecule has 110 valence electrons. The lowest BCUT2D eigenvalue weighted by molar-refractivity contribution is 0.0951. The molecule has 1 aromatic heterocycles. The molecular weight excluding hydrogens is 330 g/mol. The van der Waals surface area contributed by atoms with Gasteiger partial charge in [-0.25, -0.2) is 4.98 Å². The van der Waals surface area contributed by atoms with E-state index in [1.54, 1.807) is 18.3 Å². The maximum Gasteiger partial charge on any atom is 0.255 e. The summed E-state index contributed by atoms with van der Waals surface area (Å²) in [6.45, 7) is 3.34. The van der Waals surface area contributed by atoms with Gasteiger partial charge in [0.15, 0.2) is 0 Å². The molecule has 1 aromatic carbocycles. The Morgan fingerprint density at radius 3 is 2.81 bits per heavy atom. The van der Waals surface area contributed by atoms with E-state index >= 15 is 0 Å². The predicted molar refractivity (Wildman–Crippen MR) is 88.3 cm³/mol. The zero-order valence-electron chi connectivity index (χ0n) is 11.9. The van der Waals surface area contributed by atoms with E-state index in [-0.39, 0.29) is 5.91 Å². The first-order valence-electron chi connectivity index (χ1n) is 6.93. The van der Waals surface area contributed by atoms with Crippen molar-refractivity contribution in [2.24, 2.45) is 0 Å². The molecule has 0 radical (unpaired) electrons. The normalized spacial score (nSPS) is 10.2. The van der Waals surface area contributed by atoms with Crippen LogP contribution in [0.2, 0.25) is 0 Å². The number of hydrogen-bond acceptors (Lipinski definition) is 3. The van der Waals surface area contributed by atoms with Crippen LogP contribution in [0, 0.1) is 0 Å². The molecule has 0 bridgehead atoms. The van der Waals surface area contributed by atoms with Crippen LogP contribution in [0.5, 0.6) is 0 Å². The summed E-state index contributed by atoms with van der Waals surface area (Å²) in [4.78, 5) is 16.5. The highest BCUT2D eigenvalue weighted by Crippen LogP contribution is 2.16. The third-order valence-corrected chi connectivity index (χ3v) is 3.77. The lowest BCUT2D eigenvalue weighted by atomic mass is 10.2. The van der Waals surface area contributed by atoms with Crippen LogP contribution in [0.3, 0.4) is 0 Å². The number of amides is 1. The van der Waals surface area contributed by atoms with Crippen molar-refractivity contribution in [3.8, 4) is 0 Å². The van der Waals surface area contributed by atoms with Gasteiger partial charge < -0.3 is 10.6 Å². The molecule has 2 aromatic rings. The Bertz CT molecular complexity index is 616. The van der Waals surface area contributed by atoms with Crippen molar-refractivity contribution >= 4 is 27.7 Å². The third kappa shape index (κ3) is 4.29. The van der Waals surface area contributed by atoms with Gasteiger partial charge in [0.25, 0.3) is 5.91 Å². The second kappa shape index (κ2) is 7.78. The molecule has 5 heteroatoms. The summed E-state index contributed by atoms with van der Waals surface area (Å²) in [6, 6.07) is 11.4. The number of aromatic nitrogens is 1. The fourth-order valence-corrected chi connectivity index (χ4v) is 2.31. The Hall–Kier alpha value is -1.88. The van der Waals surface area contributed by atoms with Crippen molar-refractivity contribution < 1.29 is 4.79 Å². The number of benzene rings is 1. The van der Waals surface area contributed by atoms with E-state index in [9.17, 15) is 4.79 Å². The molecule has 21 heavy (non-hydrogen) atoms. The van der Waals surface area contributed by atoms with Gasteiger partial charge in [-0.05, 0) is 30.2 Å². The summed E-state index contributed by atoms with van der Waals surface area (Å²) in [7, 11) is 0. The van der Waals surface area contributed by atoms with Crippen molar-refractivity contribution in [2.45, 2.75) is 19.9 Å². The molecule has 0 saturated carbocycles. The minimum Gasteiger partial charge on any atom is -0.369 e. The minimum absolute atomic E-state index is 0.127. The minimum atomic E-state index is -0.127. The van der Waals surface area contributed by atoms with Gasteiger partial charge in [0.2, 0.25) is 0 Å². The first-order valence-corrected chi connectivity index (χ1v) is 7.72. The van der Waals surface area contributed by atoms with Gasteiger partial charge in [-0.2, -0.15) is 0 Å². The maximum absolute atomic E-state index is 12.3. The topological polar surface area (TPSA) is 54.0 Å². The Morgan fingerprint density at radius 1 is 1.24 bits per heavy atom. The van der Waals surface area contributed by atoms with Crippen molar-refractivity contribution in [3.63, 3.8) is 0 Å². The van der Waals surface area contributed by atoms with Gasteiger partial charge >= 0.3 is 0 Å². The molecule has 0 aliphatic rings. The maximum atomic E-state index is 12.3. The highest BCUT2D eigenvalue weighted by molar-refractivity contribution is 9.10. The molecular formula is C16H18BrN3O. The van der Waals surface area contributed by atoms with E-state index in [1.165, 1.54) is 0 Å². The second-order valence-electron chi connectivity index (χ2n) is 4.60. The van der Waals surface area contributed by atoms with Crippen LogP contribution < -0.4 is 10.6 Å². The van der Waals surface area contributed by atoms with Gasteiger partial charge in [0, 0.05) is 23.8 Å². The number of nitrogens with zero attached hydrogens (tertiary/aromatic N) is 1. The Kier molecular flexibility index (Phi) is 5.75. The molecule has 4 nitrogen and oxygen atoms in total. The number of carbonyl (C=O) groups excluding carboxylic acids is 1. The first kappa shape index (κ1) is 15.5. The van der Waals surface area contributed by atoms with Crippen molar-refractivity contribution in [1.29, 1.82) is 0 Å². The lowest BCUT2D eigenvalue weighted by Crippen LogP contribution is -2.24. The Morgan fingerprint density at radius 2 is 2.05 bits per heavy atom. The number of carbonyl (C=O) groups is 1. The lowest BCUT2D eigenvalue weighted by Gasteiger charge is -2.11. The molecule has 0 aliphatic heterocycles. The van der Waals surface area contributed by atoms with E-state index in [4.69, 9.17) is 0 Å². The summed E-state index contributed by atoms with van der Waals surface area (Å²) < 4.78 is 0.987. The van der Waals surface area contributed by atoms with E-state index in [2.05, 4.69) is 38.5 Å². The van der Waals surface area contributed by atoms with E-state index in [0.29, 0.717) is 17.9 Å². The van der Waals surface area contributed by atoms with Crippen LogP contribution >= 0.6 is 15.9 Å². The van der Waals surface area contributed by atoms with Crippen LogP contribution in [-0.2, 0) is 6.54 Å². The van der Waals surface area contributed by atoms with Gasteiger partial charge in [0.1, 0.15) is 5.82 Å². The summed E-state index contributed by atoms with van der Waals surface area (Å²) in [5.41, 5.74) is 1.61. The first-order chi connectivity index (χ1) is 10.2. The number of anilines is 1. The molecule has 0 unspecified atom stereocenters. The highest BCUT2D eigenvalue weighted by Gasteiger charge is 2.11. The number of hydrogen-bond donors (Lipinski definition) is 2. The number of pyridine rings is 1. The smallest absolute Gasteiger partial charge is 0.255 e. The van der Waals surface area contributed by atoms with Crippen molar-refractivity contribution in [2.75, 3.05) is 11.9 Å². The van der Waals surface area contributed by atoms with Gasteiger partial charge in [-0.1, -0.05) is 41.1 Å². The van der Waals surface area contributed by atoms with E-state index < -0.39 is 0 Å². The van der Waals surface area contributed by atoms with Crippen molar-refractivity contribution in [3.05, 3.63) is 58.2 Å². The summed E-state index contributed by atoms with van der Waals surface area (Å²) in [5, 5.41) is 6.10. The fraction of sp³-hybridized carbons (Fsp3) is 0.250. The Labute approximate surface area is 133 Å². The molecule has 0 saturated heterocycles. The summed E-state index contributed by atoms with van der Waals surface area (Å²) in [6.07, 6.45) is 2.66. The highest BCUT2D eigenvalue weighted by atomic mass is 79.9. The van der Waals surface area contributed by atoms with Gasteiger partial charge in [0.05, 0.1) is 5.56 Å². The molecule has 0 aliphatic carbocycles. The van der Waals surface area contributed by atoms with E-state index in [0.717, 1.165) is 23.0 Å². The van der Waals surface area contributed by atoms with E-state index in [1.807, 2.05) is 24.3 Å². The quantitative estimate of drug-likeness (QED) is 0.839. The molecule has 2 N–H and O–H groups in total. The zero-order chi connectivity index (χ0) is 15.1.